The number of aryl methyl sites for hydroxylation is 2. The summed E-state index contributed by atoms with van der Waals surface area (Å²) in [7, 11) is 0. The SMILES string of the molecule is Cc1cc(C)cc(C(C)NC2CCCC2C#N)c1. The molecular formula is C16H22N2. The molecule has 1 N–H and O–H groups in total. The molecule has 0 amide bonds. The van der Waals surface area contributed by atoms with Gasteiger partial charge >= 0.3 is 0 Å². The molecule has 0 heterocycles. The number of nitriles is 1. The fourth-order valence-electron chi connectivity index (χ4n) is 2.99. The molecule has 2 heteroatoms. The zero-order valence-electron chi connectivity index (χ0n) is 11.5. The predicted octanol–water partition coefficient (Wildman–Crippen LogP) is 3.65. The number of nitrogens with one attached hydrogen (secondary N) is 1. The highest BCUT2D eigenvalue weighted by Gasteiger charge is 2.28. The Morgan fingerprint density at radius 3 is 2.50 bits per heavy atom. The maximum atomic E-state index is 9.12. The molecular weight excluding hydrogens is 220 g/mol. The van der Waals surface area contributed by atoms with Crippen LogP contribution in [0.1, 0.15) is 48.9 Å². The van der Waals surface area contributed by atoms with Crippen molar-refractivity contribution in [2.24, 2.45) is 5.92 Å². The Hall–Kier alpha value is -1.33. The van der Waals surface area contributed by atoms with Crippen molar-refractivity contribution in [3.8, 4) is 6.07 Å². The van der Waals surface area contributed by atoms with E-state index in [2.05, 4.69) is 50.4 Å². The van der Waals surface area contributed by atoms with E-state index in [0.29, 0.717) is 12.1 Å². The maximum absolute atomic E-state index is 9.12. The van der Waals surface area contributed by atoms with Gasteiger partial charge in [-0.25, -0.2) is 0 Å². The first-order chi connectivity index (χ1) is 8.60. The second-order valence-corrected chi connectivity index (χ2v) is 5.58. The minimum Gasteiger partial charge on any atom is -0.306 e. The third-order valence-electron chi connectivity index (χ3n) is 3.89. The molecule has 3 unspecified atom stereocenters. The zero-order valence-corrected chi connectivity index (χ0v) is 11.5. The van der Waals surface area contributed by atoms with E-state index in [9.17, 15) is 0 Å². The normalized spacial score (nSPS) is 24.8. The molecule has 18 heavy (non-hydrogen) atoms. The van der Waals surface area contributed by atoms with E-state index in [0.717, 1.165) is 12.8 Å². The number of rotatable bonds is 3. The molecule has 2 nitrogen and oxygen atoms in total. The summed E-state index contributed by atoms with van der Waals surface area (Å²) in [5.41, 5.74) is 3.94. The van der Waals surface area contributed by atoms with Gasteiger partial charge in [0.15, 0.2) is 0 Å². The average molecular weight is 242 g/mol. The lowest BCUT2D eigenvalue weighted by molar-refractivity contribution is 0.417. The molecule has 1 fully saturated rings. The Balaban J connectivity index is 2.07. The van der Waals surface area contributed by atoms with Gasteiger partial charge in [0.25, 0.3) is 0 Å². The van der Waals surface area contributed by atoms with Gasteiger partial charge in [-0.3, -0.25) is 0 Å². The minimum absolute atomic E-state index is 0.193. The first kappa shape index (κ1) is 13.1. The molecule has 1 aliphatic rings. The predicted molar refractivity (Wildman–Crippen MR) is 74.2 cm³/mol. The lowest BCUT2D eigenvalue weighted by Gasteiger charge is -2.22. The summed E-state index contributed by atoms with van der Waals surface area (Å²) in [5.74, 6) is 0.193. The van der Waals surface area contributed by atoms with Crippen LogP contribution in [0.15, 0.2) is 18.2 Å². The van der Waals surface area contributed by atoms with Gasteiger partial charge in [0.2, 0.25) is 0 Å². The van der Waals surface area contributed by atoms with Crippen molar-refractivity contribution in [2.75, 3.05) is 0 Å². The summed E-state index contributed by atoms with van der Waals surface area (Å²) in [6.07, 6.45) is 3.36. The van der Waals surface area contributed by atoms with Crippen LogP contribution in [0.2, 0.25) is 0 Å². The van der Waals surface area contributed by atoms with Crippen LogP contribution in [-0.4, -0.2) is 6.04 Å². The van der Waals surface area contributed by atoms with Gasteiger partial charge < -0.3 is 5.32 Å². The molecule has 0 bridgehead atoms. The van der Waals surface area contributed by atoms with E-state index in [-0.39, 0.29) is 5.92 Å². The van der Waals surface area contributed by atoms with Crippen LogP contribution in [0.5, 0.6) is 0 Å². The molecule has 0 radical (unpaired) electrons. The number of nitrogens with zero attached hydrogens (tertiary/aromatic N) is 1. The average Bonchev–Trinajstić information content (AvgIpc) is 2.75. The maximum Gasteiger partial charge on any atom is 0.0672 e. The standard InChI is InChI=1S/C16H22N2/c1-11-7-12(2)9-15(8-11)13(3)18-16-6-4-5-14(16)10-17/h7-9,13-14,16,18H,4-6H2,1-3H3. The first-order valence-electron chi connectivity index (χ1n) is 6.84. The van der Waals surface area contributed by atoms with Crippen LogP contribution in [0.25, 0.3) is 0 Å². The molecule has 0 spiro atoms. The number of hydrogen-bond acceptors (Lipinski definition) is 2. The highest BCUT2D eigenvalue weighted by Crippen LogP contribution is 2.27. The summed E-state index contributed by atoms with van der Waals surface area (Å²) < 4.78 is 0. The van der Waals surface area contributed by atoms with Gasteiger partial charge in [-0.2, -0.15) is 5.26 Å². The van der Waals surface area contributed by atoms with Crippen LogP contribution >= 0.6 is 0 Å². The summed E-state index contributed by atoms with van der Waals surface area (Å²) in [5, 5.41) is 12.7. The van der Waals surface area contributed by atoms with E-state index in [4.69, 9.17) is 5.26 Å². The third-order valence-corrected chi connectivity index (χ3v) is 3.89. The van der Waals surface area contributed by atoms with E-state index in [1.807, 2.05) is 0 Å². The summed E-state index contributed by atoms with van der Waals surface area (Å²) >= 11 is 0. The van der Waals surface area contributed by atoms with Crippen molar-refractivity contribution >= 4 is 0 Å². The lowest BCUT2D eigenvalue weighted by Crippen LogP contribution is -2.33. The van der Waals surface area contributed by atoms with Crippen molar-refractivity contribution in [2.45, 2.75) is 52.1 Å². The summed E-state index contributed by atoms with van der Waals surface area (Å²) in [6, 6.07) is 9.79. The van der Waals surface area contributed by atoms with Gasteiger partial charge in [-0.1, -0.05) is 35.7 Å². The van der Waals surface area contributed by atoms with E-state index in [1.54, 1.807) is 0 Å². The van der Waals surface area contributed by atoms with E-state index >= 15 is 0 Å². The molecule has 0 aromatic heterocycles. The van der Waals surface area contributed by atoms with E-state index in [1.165, 1.54) is 23.1 Å². The smallest absolute Gasteiger partial charge is 0.0672 e. The Kier molecular flexibility index (Phi) is 4.04. The molecule has 0 aliphatic heterocycles. The number of benzene rings is 1. The highest BCUT2D eigenvalue weighted by molar-refractivity contribution is 5.30. The molecule has 3 atom stereocenters. The summed E-state index contributed by atoms with van der Waals surface area (Å²) in [6.45, 7) is 6.47. The van der Waals surface area contributed by atoms with Crippen LogP contribution in [-0.2, 0) is 0 Å². The highest BCUT2D eigenvalue weighted by atomic mass is 15.0. The van der Waals surface area contributed by atoms with Crippen molar-refractivity contribution in [1.82, 2.24) is 5.32 Å². The van der Waals surface area contributed by atoms with Crippen LogP contribution < -0.4 is 5.32 Å². The van der Waals surface area contributed by atoms with Gasteiger partial charge in [0, 0.05) is 12.1 Å². The first-order valence-corrected chi connectivity index (χ1v) is 6.84. The quantitative estimate of drug-likeness (QED) is 0.878. The Bertz CT molecular complexity index is 438. The van der Waals surface area contributed by atoms with E-state index < -0.39 is 0 Å². The second kappa shape index (κ2) is 5.54. The fourth-order valence-corrected chi connectivity index (χ4v) is 2.99. The monoisotopic (exact) mass is 242 g/mol. The van der Waals surface area contributed by atoms with Crippen LogP contribution in [0.3, 0.4) is 0 Å². The van der Waals surface area contributed by atoms with Gasteiger partial charge in [-0.05, 0) is 39.2 Å². The van der Waals surface area contributed by atoms with Crippen molar-refractivity contribution in [3.63, 3.8) is 0 Å². The van der Waals surface area contributed by atoms with Crippen molar-refractivity contribution in [1.29, 1.82) is 5.26 Å². The molecule has 2 rings (SSSR count). The molecule has 1 aliphatic carbocycles. The Morgan fingerprint density at radius 2 is 1.89 bits per heavy atom. The van der Waals surface area contributed by atoms with Crippen LogP contribution in [0.4, 0.5) is 0 Å². The third kappa shape index (κ3) is 2.91. The molecule has 0 saturated heterocycles. The van der Waals surface area contributed by atoms with Crippen LogP contribution in [0, 0.1) is 31.1 Å². The molecule has 1 saturated carbocycles. The largest absolute Gasteiger partial charge is 0.306 e. The van der Waals surface area contributed by atoms with Crippen molar-refractivity contribution < 1.29 is 0 Å². The van der Waals surface area contributed by atoms with Gasteiger partial charge in [0.05, 0.1) is 12.0 Å². The Morgan fingerprint density at radius 1 is 1.22 bits per heavy atom. The molecule has 1 aromatic carbocycles. The lowest BCUT2D eigenvalue weighted by atomic mass is 9.99. The molecule has 96 valence electrons. The van der Waals surface area contributed by atoms with Gasteiger partial charge in [0.1, 0.15) is 0 Å². The topological polar surface area (TPSA) is 35.8 Å². The zero-order chi connectivity index (χ0) is 13.1. The molecule has 1 aromatic rings. The number of hydrogen-bond donors (Lipinski definition) is 1. The fraction of sp³-hybridized carbons (Fsp3) is 0.562. The Labute approximate surface area is 110 Å². The minimum atomic E-state index is 0.193. The second-order valence-electron chi connectivity index (χ2n) is 5.58. The summed E-state index contributed by atoms with van der Waals surface area (Å²) in [4.78, 5) is 0. The van der Waals surface area contributed by atoms with Gasteiger partial charge in [-0.15, -0.1) is 0 Å². The van der Waals surface area contributed by atoms with Crippen molar-refractivity contribution in [3.05, 3.63) is 34.9 Å².